The first-order chi connectivity index (χ1) is 3.81. The highest BCUT2D eigenvalue weighted by molar-refractivity contribution is 5.92. The summed E-state index contributed by atoms with van der Waals surface area (Å²) in [6.45, 7) is 4.10. The highest BCUT2D eigenvalue weighted by Crippen LogP contribution is 1.81. The van der Waals surface area contributed by atoms with Crippen molar-refractivity contribution in [2.45, 2.75) is 20.3 Å². The maximum atomic E-state index is 3.96. The third-order valence-electron chi connectivity index (χ3n) is 0.947. The van der Waals surface area contributed by atoms with Crippen LogP contribution in [-0.2, 0) is 0 Å². The number of hydrogen-bond acceptors (Lipinski definition) is 1. The molecule has 0 fully saturated rings. The predicted octanol–water partition coefficient (Wildman–Crippen LogP) is 2.04. The molecule has 0 amide bonds. The van der Waals surface area contributed by atoms with Crippen molar-refractivity contribution in [1.82, 2.24) is 0 Å². The van der Waals surface area contributed by atoms with Gasteiger partial charge in [-0.1, -0.05) is 13.0 Å². The third-order valence-corrected chi connectivity index (χ3v) is 0.947. The first-order valence-electron chi connectivity index (χ1n) is 2.91. The van der Waals surface area contributed by atoms with Crippen LogP contribution >= 0.6 is 0 Å². The zero-order valence-electron chi connectivity index (χ0n) is 5.81. The Bertz CT molecular complexity index is 101. The van der Waals surface area contributed by atoms with Gasteiger partial charge in [-0.15, -0.1) is 0 Å². The van der Waals surface area contributed by atoms with E-state index in [1.807, 2.05) is 13.0 Å². The van der Waals surface area contributed by atoms with Crippen molar-refractivity contribution < 1.29 is 0 Å². The van der Waals surface area contributed by atoms with Gasteiger partial charge in [0, 0.05) is 12.8 Å². The first kappa shape index (κ1) is 7.41. The van der Waals surface area contributed by atoms with Gasteiger partial charge in [0.2, 0.25) is 0 Å². The van der Waals surface area contributed by atoms with Gasteiger partial charge in [-0.2, -0.15) is 0 Å². The molecule has 0 aliphatic heterocycles. The van der Waals surface area contributed by atoms with Gasteiger partial charge in [-0.25, -0.2) is 0 Å². The average molecular weight is 111 g/mol. The van der Waals surface area contributed by atoms with Gasteiger partial charge in [0.25, 0.3) is 0 Å². The van der Waals surface area contributed by atoms with Crippen LogP contribution in [0.15, 0.2) is 17.1 Å². The zero-order valence-corrected chi connectivity index (χ0v) is 5.81. The molecule has 0 heterocycles. The second-order valence-corrected chi connectivity index (χ2v) is 1.68. The lowest BCUT2D eigenvalue weighted by Crippen LogP contribution is -1.80. The number of aliphatic imine (C=N–C) groups is 1. The van der Waals surface area contributed by atoms with E-state index in [4.69, 9.17) is 0 Å². The largest absolute Gasteiger partial charge is 0.293 e. The standard InChI is InChI=1S/C7H13N/c1-4-5-6-7(2)8-3/h5-6H,4H2,1-3H3/b6-5-,8-7-. The molecule has 1 nitrogen and oxygen atoms in total. The SMILES string of the molecule is CC/C=C\C(C)=N/C. The topological polar surface area (TPSA) is 12.4 Å². The summed E-state index contributed by atoms with van der Waals surface area (Å²) in [5.41, 5.74) is 1.09. The second kappa shape index (κ2) is 4.57. The van der Waals surface area contributed by atoms with Gasteiger partial charge < -0.3 is 0 Å². The van der Waals surface area contributed by atoms with E-state index in [0.29, 0.717) is 0 Å². The van der Waals surface area contributed by atoms with Crippen LogP contribution in [0, 0.1) is 0 Å². The molecule has 0 spiro atoms. The van der Waals surface area contributed by atoms with E-state index in [0.717, 1.165) is 12.1 Å². The van der Waals surface area contributed by atoms with Crippen LogP contribution in [0.3, 0.4) is 0 Å². The van der Waals surface area contributed by atoms with Crippen molar-refractivity contribution in [3.05, 3.63) is 12.2 Å². The van der Waals surface area contributed by atoms with Crippen LogP contribution in [0.25, 0.3) is 0 Å². The Balaban J connectivity index is 3.53. The quantitative estimate of drug-likeness (QED) is 0.483. The third kappa shape index (κ3) is 3.59. The van der Waals surface area contributed by atoms with E-state index < -0.39 is 0 Å². The van der Waals surface area contributed by atoms with Crippen LogP contribution in [-0.4, -0.2) is 12.8 Å². The van der Waals surface area contributed by atoms with Crippen molar-refractivity contribution >= 4 is 5.71 Å². The molecule has 1 heteroatoms. The highest BCUT2D eigenvalue weighted by atomic mass is 14.7. The molecule has 46 valence electrons. The van der Waals surface area contributed by atoms with Crippen molar-refractivity contribution in [2.24, 2.45) is 4.99 Å². The molecular weight excluding hydrogens is 98.1 g/mol. The average Bonchev–Trinajstić information content (AvgIpc) is 1.83. The molecule has 0 aromatic carbocycles. The summed E-state index contributed by atoms with van der Waals surface area (Å²) in [7, 11) is 1.80. The molecule has 0 aliphatic rings. The van der Waals surface area contributed by atoms with E-state index in [2.05, 4.69) is 18.0 Å². The van der Waals surface area contributed by atoms with Crippen molar-refractivity contribution in [3.8, 4) is 0 Å². The smallest absolute Gasteiger partial charge is 0.0310 e. The van der Waals surface area contributed by atoms with Crippen LogP contribution in [0.5, 0.6) is 0 Å². The minimum atomic E-state index is 1.09. The van der Waals surface area contributed by atoms with Crippen LogP contribution < -0.4 is 0 Å². The molecule has 0 saturated heterocycles. The minimum absolute atomic E-state index is 1.09. The summed E-state index contributed by atoms with van der Waals surface area (Å²) < 4.78 is 0. The lowest BCUT2D eigenvalue weighted by atomic mass is 10.3. The minimum Gasteiger partial charge on any atom is -0.293 e. The second-order valence-electron chi connectivity index (χ2n) is 1.68. The number of hydrogen-bond donors (Lipinski definition) is 0. The molecular formula is C7H13N. The molecule has 0 saturated carbocycles. The highest BCUT2D eigenvalue weighted by Gasteiger charge is 1.74. The van der Waals surface area contributed by atoms with E-state index in [9.17, 15) is 0 Å². The monoisotopic (exact) mass is 111 g/mol. The molecule has 8 heavy (non-hydrogen) atoms. The van der Waals surface area contributed by atoms with Crippen molar-refractivity contribution in [3.63, 3.8) is 0 Å². The lowest BCUT2D eigenvalue weighted by Gasteiger charge is -1.83. The lowest BCUT2D eigenvalue weighted by molar-refractivity contribution is 1.22. The maximum absolute atomic E-state index is 3.96. The fourth-order valence-corrected chi connectivity index (χ4v) is 0.363. The Morgan fingerprint density at radius 3 is 2.62 bits per heavy atom. The van der Waals surface area contributed by atoms with Gasteiger partial charge in [0.05, 0.1) is 0 Å². The summed E-state index contributed by atoms with van der Waals surface area (Å²) in [5.74, 6) is 0. The first-order valence-corrected chi connectivity index (χ1v) is 2.91. The summed E-state index contributed by atoms with van der Waals surface area (Å²) >= 11 is 0. The molecule has 0 bridgehead atoms. The summed E-state index contributed by atoms with van der Waals surface area (Å²) in [4.78, 5) is 3.96. The van der Waals surface area contributed by atoms with E-state index in [-0.39, 0.29) is 0 Å². The van der Waals surface area contributed by atoms with Gasteiger partial charge in [-0.05, 0) is 19.4 Å². The molecule has 0 aliphatic carbocycles. The summed E-state index contributed by atoms with van der Waals surface area (Å²) in [6.07, 6.45) is 5.22. The fraction of sp³-hybridized carbons (Fsp3) is 0.571. The molecule has 0 aromatic heterocycles. The number of allylic oxidation sites excluding steroid dienone is 2. The maximum Gasteiger partial charge on any atom is 0.0310 e. The molecule has 0 radical (unpaired) electrons. The predicted molar refractivity (Wildman–Crippen MR) is 38.5 cm³/mol. The van der Waals surface area contributed by atoms with Crippen molar-refractivity contribution in [1.29, 1.82) is 0 Å². The van der Waals surface area contributed by atoms with Crippen LogP contribution in [0.2, 0.25) is 0 Å². The van der Waals surface area contributed by atoms with E-state index in [1.165, 1.54) is 0 Å². The van der Waals surface area contributed by atoms with Gasteiger partial charge in [0.15, 0.2) is 0 Å². The molecule has 0 unspecified atom stereocenters. The van der Waals surface area contributed by atoms with Gasteiger partial charge in [0.1, 0.15) is 0 Å². The van der Waals surface area contributed by atoms with Gasteiger partial charge >= 0.3 is 0 Å². The van der Waals surface area contributed by atoms with E-state index in [1.54, 1.807) is 7.05 Å². The van der Waals surface area contributed by atoms with Gasteiger partial charge in [-0.3, -0.25) is 4.99 Å². The Morgan fingerprint density at radius 2 is 2.25 bits per heavy atom. The molecule has 0 atom stereocenters. The zero-order chi connectivity index (χ0) is 6.41. The fourth-order valence-electron chi connectivity index (χ4n) is 0.363. The Kier molecular flexibility index (Phi) is 4.23. The van der Waals surface area contributed by atoms with Crippen LogP contribution in [0.1, 0.15) is 20.3 Å². The number of rotatable bonds is 2. The molecule has 0 rings (SSSR count). The summed E-state index contributed by atoms with van der Waals surface area (Å²) in [6, 6.07) is 0. The normalized spacial score (nSPS) is 13.1. The Hall–Kier alpha value is -0.590. The molecule has 0 aromatic rings. The Morgan fingerprint density at radius 1 is 1.62 bits per heavy atom. The summed E-state index contributed by atoms with van der Waals surface area (Å²) in [5, 5.41) is 0. The Labute approximate surface area is 51.1 Å². The van der Waals surface area contributed by atoms with E-state index >= 15 is 0 Å². The van der Waals surface area contributed by atoms with Crippen LogP contribution in [0.4, 0.5) is 0 Å². The number of nitrogens with zero attached hydrogens (tertiary/aromatic N) is 1. The molecule has 0 N–H and O–H groups in total. The van der Waals surface area contributed by atoms with Crippen molar-refractivity contribution in [2.75, 3.05) is 7.05 Å².